The van der Waals surface area contributed by atoms with Crippen molar-refractivity contribution in [1.29, 1.82) is 0 Å². The van der Waals surface area contributed by atoms with Gasteiger partial charge < -0.3 is 10.2 Å². The monoisotopic (exact) mass is 188 g/mol. The Labute approximate surface area is 80.1 Å². The first-order chi connectivity index (χ1) is 5.70. The van der Waals surface area contributed by atoms with Crippen molar-refractivity contribution < 1.29 is 0 Å². The van der Waals surface area contributed by atoms with E-state index in [1.54, 1.807) is 0 Å². The van der Waals surface area contributed by atoms with Gasteiger partial charge in [0, 0.05) is 36.7 Å². The fourth-order valence-electron chi connectivity index (χ4n) is 1.30. The van der Waals surface area contributed by atoms with E-state index in [0.29, 0.717) is 12.1 Å². The van der Waals surface area contributed by atoms with Crippen LogP contribution in [-0.2, 0) is 0 Å². The molecule has 1 atom stereocenters. The Morgan fingerprint density at radius 3 is 2.83 bits per heavy atom. The van der Waals surface area contributed by atoms with Crippen LogP contribution in [-0.4, -0.2) is 48.6 Å². The van der Waals surface area contributed by atoms with Gasteiger partial charge >= 0.3 is 0 Å². The number of thioether (sulfide) groups is 1. The Kier molecular flexibility index (Phi) is 4.40. The summed E-state index contributed by atoms with van der Waals surface area (Å²) in [7, 11) is 2.20. The van der Waals surface area contributed by atoms with E-state index in [-0.39, 0.29) is 0 Å². The average molecular weight is 188 g/mol. The molecule has 0 spiro atoms. The molecule has 1 rings (SSSR count). The van der Waals surface area contributed by atoms with E-state index in [9.17, 15) is 0 Å². The largest absolute Gasteiger partial charge is 0.311 e. The topological polar surface area (TPSA) is 15.3 Å². The molecule has 0 aromatic carbocycles. The van der Waals surface area contributed by atoms with Crippen LogP contribution < -0.4 is 5.32 Å². The van der Waals surface area contributed by atoms with E-state index in [0.717, 1.165) is 0 Å². The van der Waals surface area contributed by atoms with Crippen LogP contribution in [0.25, 0.3) is 0 Å². The Hall–Kier alpha value is 0.270. The second-order valence-corrected chi connectivity index (χ2v) is 4.91. The summed E-state index contributed by atoms with van der Waals surface area (Å²) in [4.78, 5) is 2.41. The number of nitrogens with zero attached hydrogens (tertiary/aromatic N) is 1. The van der Waals surface area contributed by atoms with Gasteiger partial charge in [-0.15, -0.1) is 0 Å². The fraction of sp³-hybridized carbons (Fsp3) is 1.00. The van der Waals surface area contributed by atoms with Crippen molar-refractivity contribution in [3.05, 3.63) is 0 Å². The smallest absolute Gasteiger partial charge is 0.0285 e. The molecule has 0 aromatic heterocycles. The molecule has 2 nitrogen and oxygen atoms in total. The minimum Gasteiger partial charge on any atom is -0.311 e. The summed E-state index contributed by atoms with van der Waals surface area (Å²) in [6.45, 7) is 6.86. The normalized spacial score (nSPS) is 25.2. The maximum Gasteiger partial charge on any atom is 0.0285 e. The van der Waals surface area contributed by atoms with Gasteiger partial charge in [0.1, 0.15) is 0 Å². The first-order valence-electron chi connectivity index (χ1n) is 4.71. The van der Waals surface area contributed by atoms with Crippen LogP contribution in [0.3, 0.4) is 0 Å². The lowest BCUT2D eigenvalue weighted by molar-refractivity contribution is 0.248. The van der Waals surface area contributed by atoms with Crippen LogP contribution in [0, 0.1) is 0 Å². The summed E-state index contributed by atoms with van der Waals surface area (Å²) in [5, 5.41) is 3.54. The van der Waals surface area contributed by atoms with Crippen LogP contribution in [0.5, 0.6) is 0 Å². The fourth-order valence-corrected chi connectivity index (χ4v) is 2.23. The molecule has 1 saturated heterocycles. The predicted octanol–water partition coefficient (Wildman–Crippen LogP) is 1.03. The number of rotatable bonds is 3. The molecule has 3 heteroatoms. The standard InChI is InChI=1S/C9H20N2S/c1-8(2)11(3)6-9-7-12-5-4-10-9/h8-10H,4-7H2,1-3H3. The molecule has 0 amide bonds. The molecular formula is C9H20N2S. The highest BCUT2D eigenvalue weighted by Gasteiger charge is 2.15. The second-order valence-electron chi connectivity index (χ2n) is 3.76. The molecule has 0 radical (unpaired) electrons. The van der Waals surface area contributed by atoms with Crippen molar-refractivity contribution in [1.82, 2.24) is 10.2 Å². The van der Waals surface area contributed by atoms with Crippen molar-refractivity contribution in [2.75, 3.05) is 31.6 Å². The van der Waals surface area contributed by atoms with Crippen LogP contribution >= 0.6 is 11.8 Å². The zero-order valence-electron chi connectivity index (χ0n) is 8.34. The van der Waals surface area contributed by atoms with Gasteiger partial charge in [-0.25, -0.2) is 0 Å². The van der Waals surface area contributed by atoms with Gasteiger partial charge in [-0.3, -0.25) is 0 Å². The van der Waals surface area contributed by atoms with Crippen molar-refractivity contribution >= 4 is 11.8 Å². The number of nitrogens with one attached hydrogen (secondary N) is 1. The molecule has 1 aliphatic heterocycles. The van der Waals surface area contributed by atoms with E-state index in [1.807, 2.05) is 0 Å². The van der Waals surface area contributed by atoms with E-state index >= 15 is 0 Å². The first-order valence-corrected chi connectivity index (χ1v) is 5.87. The highest BCUT2D eigenvalue weighted by atomic mass is 32.2. The molecule has 0 saturated carbocycles. The molecule has 0 aromatic rings. The summed E-state index contributed by atoms with van der Waals surface area (Å²) in [5.41, 5.74) is 0. The SMILES string of the molecule is CC(C)N(C)CC1CSCCN1. The van der Waals surface area contributed by atoms with Crippen molar-refractivity contribution in [2.24, 2.45) is 0 Å². The minimum atomic E-state index is 0.665. The summed E-state index contributed by atoms with van der Waals surface area (Å²) >= 11 is 2.07. The summed E-state index contributed by atoms with van der Waals surface area (Å²) in [5.74, 6) is 2.55. The van der Waals surface area contributed by atoms with Gasteiger partial charge in [-0.2, -0.15) is 11.8 Å². The molecule has 12 heavy (non-hydrogen) atoms. The van der Waals surface area contributed by atoms with Crippen LogP contribution in [0.15, 0.2) is 0 Å². The van der Waals surface area contributed by atoms with Crippen molar-refractivity contribution in [2.45, 2.75) is 25.9 Å². The third kappa shape index (κ3) is 3.33. The van der Waals surface area contributed by atoms with Crippen molar-refractivity contribution in [3.63, 3.8) is 0 Å². The van der Waals surface area contributed by atoms with E-state index in [2.05, 4.69) is 42.9 Å². The van der Waals surface area contributed by atoms with E-state index < -0.39 is 0 Å². The Bertz CT molecular complexity index is 122. The third-order valence-corrected chi connectivity index (χ3v) is 3.52. The molecule has 1 unspecified atom stereocenters. The third-order valence-electron chi connectivity index (χ3n) is 2.39. The maximum atomic E-state index is 3.54. The number of hydrogen-bond donors (Lipinski definition) is 1. The molecule has 1 heterocycles. The lowest BCUT2D eigenvalue weighted by Gasteiger charge is -2.29. The average Bonchev–Trinajstić information content (AvgIpc) is 2.06. The second kappa shape index (κ2) is 5.10. The summed E-state index contributed by atoms with van der Waals surface area (Å²) < 4.78 is 0. The lowest BCUT2D eigenvalue weighted by Crippen LogP contribution is -2.46. The lowest BCUT2D eigenvalue weighted by atomic mass is 10.2. The summed E-state index contributed by atoms with van der Waals surface area (Å²) in [6, 6.07) is 1.37. The number of likely N-dealkylation sites (N-methyl/N-ethyl adjacent to an activating group) is 1. The van der Waals surface area contributed by atoms with E-state index in [1.165, 1.54) is 24.6 Å². The zero-order chi connectivity index (χ0) is 8.97. The highest BCUT2D eigenvalue weighted by Crippen LogP contribution is 2.09. The molecule has 0 bridgehead atoms. The van der Waals surface area contributed by atoms with Crippen LogP contribution in [0.1, 0.15) is 13.8 Å². The van der Waals surface area contributed by atoms with Crippen LogP contribution in [0.2, 0.25) is 0 Å². The van der Waals surface area contributed by atoms with Gasteiger partial charge in [0.05, 0.1) is 0 Å². The van der Waals surface area contributed by atoms with Gasteiger partial charge in [0.2, 0.25) is 0 Å². The number of hydrogen-bond acceptors (Lipinski definition) is 3. The molecule has 0 aliphatic carbocycles. The van der Waals surface area contributed by atoms with Gasteiger partial charge in [-0.05, 0) is 20.9 Å². The van der Waals surface area contributed by atoms with E-state index in [4.69, 9.17) is 0 Å². The predicted molar refractivity (Wildman–Crippen MR) is 56.9 cm³/mol. The van der Waals surface area contributed by atoms with Crippen LogP contribution in [0.4, 0.5) is 0 Å². The molecule has 72 valence electrons. The molecule has 1 aliphatic rings. The van der Waals surface area contributed by atoms with Gasteiger partial charge in [-0.1, -0.05) is 0 Å². The van der Waals surface area contributed by atoms with Gasteiger partial charge in [0.15, 0.2) is 0 Å². The molecule has 1 N–H and O–H groups in total. The van der Waals surface area contributed by atoms with Gasteiger partial charge in [0.25, 0.3) is 0 Å². The molecule has 1 fully saturated rings. The maximum absolute atomic E-state index is 3.54. The Balaban J connectivity index is 2.20. The Morgan fingerprint density at radius 1 is 1.58 bits per heavy atom. The molecular weight excluding hydrogens is 168 g/mol. The first kappa shape index (κ1) is 10.4. The highest BCUT2D eigenvalue weighted by molar-refractivity contribution is 7.99. The minimum absolute atomic E-state index is 0.665. The Morgan fingerprint density at radius 2 is 2.33 bits per heavy atom. The summed E-state index contributed by atoms with van der Waals surface area (Å²) in [6.07, 6.45) is 0. The van der Waals surface area contributed by atoms with Crippen molar-refractivity contribution in [3.8, 4) is 0 Å². The zero-order valence-corrected chi connectivity index (χ0v) is 9.16. The quantitative estimate of drug-likeness (QED) is 0.712.